The van der Waals surface area contributed by atoms with Gasteiger partial charge in [-0.15, -0.1) is 10.2 Å². The van der Waals surface area contributed by atoms with Gasteiger partial charge in [0.15, 0.2) is 0 Å². The van der Waals surface area contributed by atoms with Crippen LogP contribution in [0.25, 0.3) is 16.4 Å². The normalized spacial score (nSPS) is 11.3. The van der Waals surface area contributed by atoms with Gasteiger partial charge in [-0.2, -0.15) is 9.61 Å². The summed E-state index contributed by atoms with van der Waals surface area (Å²) < 4.78 is 20.5. The molecule has 1 aromatic carbocycles. The summed E-state index contributed by atoms with van der Waals surface area (Å²) in [5, 5.41) is 13.0. The molecule has 4 aromatic rings. The maximum atomic E-state index is 13.7. The molecule has 0 unspecified atom stereocenters. The fourth-order valence-corrected chi connectivity index (χ4v) is 3.85. The predicted octanol–water partition coefficient (Wildman–Crippen LogP) is 2.94. The average Bonchev–Trinajstić information content (AvgIpc) is 3.20. The number of thioether (sulfide) groups is 1. The van der Waals surface area contributed by atoms with Gasteiger partial charge >= 0.3 is 0 Å². The second-order valence-electron chi connectivity index (χ2n) is 5.07. The van der Waals surface area contributed by atoms with Crippen LogP contribution in [0.3, 0.4) is 0 Å². The zero-order chi connectivity index (χ0) is 17.4. The lowest BCUT2D eigenvalue weighted by Crippen LogP contribution is -2.14. The highest BCUT2D eigenvalue weighted by molar-refractivity contribution is 7.98. The third-order valence-corrected chi connectivity index (χ3v) is 5.17. The molecule has 0 bridgehead atoms. The maximum Gasteiger partial charge on any atom is 0.277 e. The van der Waals surface area contributed by atoms with Crippen molar-refractivity contribution in [2.45, 2.75) is 17.9 Å². The van der Waals surface area contributed by atoms with Gasteiger partial charge in [0, 0.05) is 11.8 Å². The van der Waals surface area contributed by atoms with Gasteiger partial charge in [-0.25, -0.2) is 9.37 Å². The smallest absolute Gasteiger partial charge is 0.277 e. The fourth-order valence-electron chi connectivity index (χ4n) is 2.15. The highest BCUT2D eigenvalue weighted by Gasteiger charge is 2.14. The Hall–Kier alpha value is -2.59. The molecule has 10 heteroatoms. The molecule has 0 saturated heterocycles. The molecule has 7 nitrogen and oxygen atoms in total. The summed E-state index contributed by atoms with van der Waals surface area (Å²) in [6.07, 6.45) is 0. The summed E-state index contributed by atoms with van der Waals surface area (Å²) in [5.41, 5.74) is 0.696. The number of aryl methyl sites for hydroxylation is 1. The van der Waals surface area contributed by atoms with E-state index in [1.165, 1.54) is 39.7 Å². The van der Waals surface area contributed by atoms with E-state index in [0.29, 0.717) is 26.6 Å². The lowest BCUT2D eigenvalue weighted by molar-refractivity contribution is 0.463. The SMILES string of the molecule is Cc1cc(=O)n2nc(CSc3nnc(-c4ccccc4F)o3)sc2n1. The number of aromatic nitrogens is 5. The van der Waals surface area contributed by atoms with E-state index in [1.54, 1.807) is 25.1 Å². The lowest BCUT2D eigenvalue weighted by atomic mass is 10.2. The Labute approximate surface area is 148 Å². The largest absolute Gasteiger partial charge is 0.411 e. The second-order valence-corrected chi connectivity index (χ2v) is 7.03. The molecular weight excluding hydrogens is 365 g/mol. The minimum Gasteiger partial charge on any atom is -0.411 e. The Morgan fingerprint density at radius 3 is 3.00 bits per heavy atom. The van der Waals surface area contributed by atoms with Crippen molar-refractivity contribution in [1.29, 1.82) is 0 Å². The van der Waals surface area contributed by atoms with Gasteiger partial charge in [0.2, 0.25) is 4.96 Å². The minimum atomic E-state index is -0.422. The molecule has 0 spiro atoms. The molecule has 0 aliphatic carbocycles. The van der Waals surface area contributed by atoms with E-state index < -0.39 is 5.82 Å². The maximum absolute atomic E-state index is 13.7. The van der Waals surface area contributed by atoms with Crippen LogP contribution in [0.4, 0.5) is 4.39 Å². The van der Waals surface area contributed by atoms with Crippen molar-refractivity contribution < 1.29 is 8.81 Å². The Morgan fingerprint density at radius 1 is 1.32 bits per heavy atom. The molecule has 126 valence electrons. The van der Waals surface area contributed by atoms with Crippen LogP contribution in [-0.2, 0) is 5.75 Å². The Bertz CT molecular complexity index is 1120. The van der Waals surface area contributed by atoms with E-state index in [0.717, 1.165) is 0 Å². The van der Waals surface area contributed by atoms with E-state index in [1.807, 2.05) is 0 Å². The summed E-state index contributed by atoms with van der Waals surface area (Å²) >= 11 is 2.58. The van der Waals surface area contributed by atoms with Crippen molar-refractivity contribution in [3.05, 3.63) is 57.2 Å². The molecule has 3 heterocycles. The van der Waals surface area contributed by atoms with Crippen molar-refractivity contribution in [2.75, 3.05) is 0 Å². The van der Waals surface area contributed by atoms with E-state index in [9.17, 15) is 9.18 Å². The van der Waals surface area contributed by atoms with Crippen LogP contribution in [0.15, 0.2) is 44.8 Å². The zero-order valence-corrected chi connectivity index (χ0v) is 14.5. The number of hydrogen-bond acceptors (Lipinski definition) is 8. The number of nitrogens with zero attached hydrogens (tertiary/aromatic N) is 5. The Balaban J connectivity index is 1.53. The monoisotopic (exact) mass is 375 g/mol. The van der Waals surface area contributed by atoms with Crippen LogP contribution in [0.2, 0.25) is 0 Å². The van der Waals surface area contributed by atoms with Gasteiger partial charge < -0.3 is 4.42 Å². The molecular formula is C15H10FN5O2S2. The summed E-state index contributed by atoms with van der Waals surface area (Å²) in [6.45, 7) is 1.76. The van der Waals surface area contributed by atoms with Crippen molar-refractivity contribution in [1.82, 2.24) is 24.8 Å². The molecule has 0 atom stereocenters. The number of fused-ring (bicyclic) bond motifs is 1. The van der Waals surface area contributed by atoms with Gasteiger partial charge in [0.05, 0.1) is 11.3 Å². The zero-order valence-electron chi connectivity index (χ0n) is 12.8. The van der Waals surface area contributed by atoms with Crippen molar-refractivity contribution in [3.8, 4) is 11.5 Å². The summed E-state index contributed by atoms with van der Waals surface area (Å²) in [5.74, 6) is 0.138. The van der Waals surface area contributed by atoms with Crippen LogP contribution in [0, 0.1) is 12.7 Å². The minimum absolute atomic E-state index is 0.124. The standard InChI is InChI=1S/C15H10FN5O2S2/c1-8-6-12(22)21-14(17-8)25-11(20-21)7-24-15-19-18-13(23-15)9-4-2-3-5-10(9)16/h2-6H,7H2,1H3. The van der Waals surface area contributed by atoms with E-state index in [2.05, 4.69) is 20.3 Å². The molecule has 3 aromatic heterocycles. The number of rotatable bonds is 4. The summed E-state index contributed by atoms with van der Waals surface area (Å²) in [4.78, 5) is 16.7. The first-order chi connectivity index (χ1) is 12.1. The molecule has 0 saturated carbocycles. The molecule has 4 rings (SSSR count). The molecule has 0 fully saturated rings. The van der Waals surface area contributed by atoms with Crippen LogP contribution in [0.5, 0.6) is 0 Å². The first kappa shape index (κ1) is 15.9. The molecule has 0 aliphatic heterocycles. The second kappa shape index (κ2) is 6.37. The first-order valence-electron chi connectivity index (χ1n) is 7.18. The molecule has 0 N–H and O–H groups in total. The van der Waals surface area contributed by atoms with E-state index in [4.69, 9.17) is 4.42 Å². The average molecular weight is 375 g/mol. The van der Waals surface area contributed by atoms with Crippen LogP contribution < -0.4 is 5.56 Å². The molecule has 0 amide bonds. The third-order valence-electron chi connectivity index (χ3n) is 3.24. The lowest BCUT2D eigenvalue weighted by Gasteiger charge is -1.95. The fraction of sp³-hybridized carbons (Fsp3) is 0.133. The first-order valence-corrected chi connectivity index (χ1v) is 8.98. The molecule has 25 heavy (non-hydrogen) atoms. The summed E-state index contributed by atoms with van der Waals surface area (Å²) in [7, 11) is 0. The highest BCUT2D eigenvalue weighted by atomic mass is 32.2. The van der Waals surface area contributed by atoms with Crippen LogP contribution in [0.1, 0.15) is 10.7 Å². The van der Waals surface area contributed by atoms with Crippen LogP contribution >= 0.6 is 23.1 Å². The van der Waals surface area contributed by atoms with Gasteiger partial charge in [-0.3, -0.25) is 4.79 Å². The van der Waals surface area contributed by atoms with Crippen molar-refractivity contribution in [3.63, 3.8) is 0 Å². The third kappa shape index (κ3) is 3.17. The Morgan fingerprint density at radius 2 is 2.16 bits per heavy atom. The molecule has 0 radical (unpaired) electrons. The van der Waals surface area contributed by atoms with Gasteiger partial charge in [0.1, 0.15) is 10.8 Å². The highest BCUT2D eigenvalue weighted by Crippen LogP contribution is 2.27. The molecule has 0 aliphatic rings. The van der Waals surface area contributed by atoms with E-state index in [-0.39, 0.29) is 17.0 Å². The predicted molar refractivity (Wildman–Crippen MR) is 91.1 cm³/mol. The summed E-state index contributed by atoms with van der Waals surface area (Å²) in [6, 6.07) is 7.63. The van der Waals surface area contributed by atoms with Gasteiger partial charge in [-0.05, 0) is 19.1 Å². The number of halogens is 1. The topological polar surface area (TPSA) is 86.2 Å². The number of benzene rings is 1. The van der Waals surface area contributed by atoms with Gasteiger partial charge in [0.25, 0.3) is 16.7 Å². The van der Waals surface area contributed by atoms with E-state index >= 15 is 0 Å². The quantitative estimate of drug-likeness (QED) is 0.507. The van der Waals surface area contributed by atoms with Gasteiger partial charge in [-0.1, -0.05) is 35.2 Å². The van der Waals surface area contributed by atoms with Crippen molar-refractivity contribution >= 4 is 28.1 Å². The van der Waals surface area contributed by atoms with Crippen molar-refractivity contribution in [2.24, 2.45) is 0 Å². The Kier molecular flexibility index (Phi) is 4.06. The van der Waals surface area contributed by atoms with Crippen LogP contribution in [-0.4, -0.2) is 24.8 Å². The number of hydrogen-bond donors (Lipinski definition) is 0.